The zero-order chi connectivity index (χ0) is 18.1. The van der Waals surface area contributed by atoms with Crippen LogP contribution < -0.4 is 5.32 Å². The Morgan fingerprint density at radius 2 is 1.96 bits per heavy atom. The summed E-state index contributed by atoms with van der Waals surface area (Å²) in [4.78, 5) is 14.0. The van der Waals surface area contributed by atoms with E-state index in [2.05, 4.69) is 10.5 Å². The number of nitrogens with one attached hydrogen (secondary N) is 1. The summed E-state index contributed by atoms with van der Waals surface area (Å²) >= 11 is 0. The number of carbonyl (C=O) groups is 1. The standard InChI is InChI=1S/C20H29N3O2.ClH/c1-16(15-21-2)20(24)23(3)13-9-5-8-12-18-14-19(22-25-18)17-10-6-4-7-11-17;/h4,6-7,10-11,14,16,21H,5,8-9,12-13,15H2,1-3H3;1H. The molecule has 0 aliphatic heterocycles. The summed E-state index contributed by atoms with van der Waals surface area (Å²) in [5, 5.41) is 7.19. The highest BCUT2D eigenvalue weighted by atomic mass is 35.5. The molecule has 0 saturated carbocycles. The van der Waals surface area contributed by atoms with E-state index in [0.717, 1.165) is 55.8 Å². The Labute approximate surface area is 162 Å². The largest absolute Gasteiger partial charge is 0.361 e. The molecular formula is C20H30ClN3O2. The highest BCUT2D eigenvalue weighted by molar-refractivity contribution is 5.85. The summed E-state index contributed by atoms with van der Waals surface area (Å²) in [5.41, 5.74) is 1.97. The fraction of sp³-hybridized carbons (Fsp3) is 0.500. The molecule has 1 N–H and O–H groups in total. The number of hydrogen-bond acceptors (Lipinski definition) is 4. The number of rotatable bonds is 10. The molecule has 6 heteroatoms. The third-order valence-electron chi connectivity index (χ3n) is 4.35. The second-order valence-electron chi connectivity index (χ2n) is 6.57. The molecule has 0 bridgehead atoms. The van der Waals surface area contributed by atoms with Crippen LogP contribution >= 0.6 is 12.4 Å². The lowest BCUT2D eigenvalue weighted by molar-refractivity contribution is -0.133. The van der Waals surface area contributed by atoms with Gasteiger partial charge < -0.3 is 14.7 Å². The van der Waals surface area contributed by atoms with E-state index in [4.69, 9.17) is 4.52 Å². The van der Waals surface area contributed by atoms with Crippen molar-refractivity contribution < 1.29 is 9.32 Å². The van der Waals surface area contributed by atoms with Crippen LogP contribution in [0.15, 0.2) is 40.9 Å². The van der Waals surface area contributed by atoms with E-state index in [9.17, 15) is 4.79 Å². The molecule has 1 aromatic carbocycles. The highest BCUT2D eigenvalue weighted by Gasteiger charge is 2.16. The number of aryl methyl sites for hydroxylation is 1. The van der Waals surface area contributed by atoms with Gasteiger partial charge in [-0.25, -0.2) is 0 Å². The average Bonchev–Trinajstić information content (AvgIpc) is 3.10. The van der Waals surface area contributed by atoms with Gasteiger partial charge in [-0.3, -0.25) is 4.79 Å². The SMILES string of the molecule is CNCC(C)C(=O)N(C)CCCCCc1cc(-c2ccccc2)no1.Cl. The predicted molar refractivity (Wildman–Crippen MR) is 107 cm³/mol. The Bertz CT molecular complexity index is 646. The lowest BCUT2D eigenvalue weighted by atomic mass is 10.1. The van der Waals surface area contributed by atoms with Gasteiger partial charge in [0.2, 0.25) is 5.91 Å². The van der Waals surface area contributed by atoms with Crippen molar-refractivity contribution in [3.8, 4) is 11.3 Å². The monoisotopic (exact) mass is 379 g/mol. The molecule has 1 amide bonds. The molecule has 2 aromatic rings. The van der Waals surface area contributed by atoms with E-state index < -0.39 is 0 Å². The Kier molecular flexibility index (Phi) is 9.99. The molecule has 0 fully saturated rings. The molecule has 1 unspecified atom stereocenters. The van der Waals surface area contributed by atoms with E-state index in [1.807, 2.05) is 62.3 Å². The summed E-state index contributed by atoms with van der Waals surface area (Å²) < 4.78 is 5.42. The summed E-state index contributed by atoms with van der Waals surface area (Å²) in [6.45, 7) is 3.49. The third kappa shape index (κ3) is 6.81. The van der Waals surface area contributed by atoms with Gasteiger partial charge in [0.05, 0.1) is 0 Å². The van der Waals surface area contributed by atoms with Crippen LogP contribution in [-0.2, 0) is 11.2 Å². The number of aromatic nitrogens is 1. The van der Waals surface area contributed by atoms with Gasteiger partial charge in [0.1, 0.15) is 11.5 Å². The molecule has 0 aliphatic rings. The number of halogens is 1. The molecule has 1 aromatic heterocycles. The van der Waals surface area contributed by atoms with Crippen LogP contribution in [0.2, 0.25) is 0 Å². The third-order valence-corrected chi connectivity index (χ3v) is 4.35. The fourth-order valence-corrected chi connectivity index (χ4v) is 2.88. The number of hydrogen-bond donors (Lipinski definition) is 1. The number of benzene rings is 1. The second-order valence-corrected chi connectivity index (χ2v) is 6.57. The van der Waals surface area contributed by atoms with Crippen LogP contribution in [0.3, 0.4) is 0 Å². The summed E-state index contributed by atoms with van der Waals surface area (Å²) in [6, 6.07) is 12.1. The van der Waals surface area contributed by atoms with E-state index >= 15 is 0 Å². The first-order valence-electron chi connectivity index (χ1n) is 9.02. The lowest BCUT2D eigenvalue weighted by Crippen LogP contribution is -2.36. The Balaban J connectivity index is 0.00000338. The molecule has 1 atom stereocenters. The quantitative estimate of drug-likeness (QED) is 0.638. The van der Waals surface area contributed by atoms with Crippen molar-refractivity contribution in [1.82, 2.24) is 15.4 Å². The van der Waals surface area contributed by atoms with E-state index in [1.54, 1.807) is 0 Å². The minimum absolute atomic E-state index is 0. The Morgan fingerprint density at radius 3 is 2.65 bits per heavy atom. The minimum Gasteiger partial charge on any atom is -0.361 e. The van der Waals surface area contributed by atoms with Crippen LogP contribution in [0.1, 0.15) is 31.9 Å². The summed E-state index contributed by atoms with van der Waals surface area (Å²) in [7, 11) is 3.76. The maximum absolute atomic E-state index is 12.1. The van der Waals surface area contributed by atoms with Gasteiger partial charge in [-0.05, 0) is 19.9 Å². The first-order chi connectivity index (χ1) is 12.1. The Morgan fingerprint density at radius 1 is 1.23 bits per heavy atom. The van der Waals surface area contributed by atoms with Crippen LogP contribution in [0, 0.1) is 5.92 Å². The molecule has 26 heavy (non-hydrogen) atoms. The molecule has 0 spiro atoms. The number of nitrogens with zero attached hydrogens (tertiary/aromatic N) is 2. The van der Waals surface area contributed by atoms with Gasteiger partial charge in [0.25, 0.3) is 0 Å². The van der Waals surface area contributed by atoms with E-state index in [1.165, 1.54) is 0 Å². The van der Waals surface area contributed by atoms with Gasteiger partial charge in [0.15, 0.2) is 0 Å². The molecule has 144 valence electrons. The number of amides is 1. The van der Waals surface area contributed by atoms with Crippen LogP contribution in [0.5, 0.6) is 0 Å². The predicted octanol–water partition coefficient (Wildman–Crippen LogP) is 3.79. The van der Waals surface area contributed by atoms with Gasteiger partial charge in [0, 0.05) is 44.1 Å². The van der Waals surface area contributed by atoms with Gasteiger partial charge in [-0.1, -0.05) is 48.8 Å². The summed E-state index contributed by atoms with van der Waals surface area (Å²) in [6.07, 6.45) is 4.00. The van der Waals surface area contributed by atoms with Gasteiger partial charge in [-0.2, -0.15) is 0 Å². The smallest absolute Gasteiger partial charge is 0.226 e. The molecule has 0 radical (unpaired) electrons. The summed E-state index contributed by atoms with van der Waals surface area (Å²) in [5.74, 6) is 1.16. The van der Waals surface area contributed by atoms with Gasteiger partial charge in [-0.15, -0.1) is 12.4 Å². The van der Waals surface area contributed by atoms with Crippen LogP contribution in [-0.4, -0.2) is 43.1 Å². The molecular weight excluding hydrogens is 350 g/mol. The van der Waals surface area contributed by atoms with Crippen molar-refractivity contribution in [2.75, 3.05) is 27.2 Å². The molecule has 5 nitrogen and oxygen atoms in total. The zero-order valence-corrected chi connectivity index (χ0v) is 16.7. The topological polar surface area (TPSA) is 58.4 Å². The van der Waals surface area contributed by atoms with Crippen LogP contribution in [0.4, 0.5) is 0 Å². The van der Waals surface area contributed by atoms with E-state index in [-0.39, 0.29) is 24.2 Å². The molecule has 2 rings (SSSR count). The van der Waals surface area contributed by atoms with Crippen molar-refractivity contribution in [1.29, 1.82) is 0 Å². The minimum atomic E-state index is 0. The average molecular weight is 380 g/mol. The molecule has 1 heterocycles. The zero-order valence-electron chi connectivity index (χ0n) is 15.9. The van der Waals surface area contributed by atoms with Crippen molar-refractivity contribution in [3.63, 3.8) is 0 Å². The fourth-order valence-electron chi connectivity index (χ4n) is 2.88. The van der Waals surface area contributed by atoms with E-state index in [0.29, 0.717) is 0 Å². The maximum Gasteiger partial charge on any atom is 0.226 e. The van der Waals surface area contributed by atoms with Gasteiger partial charge >= 0.3 is 0 Å². The first kappa shape index (κ1) is 22.2. The number of unbranched alkanes of at least 4 members (excludes halogenated alkanes) is 2. The molecule has 0 aliphatic carbocycles. The number of carbonyl (C=O) groups excluding carboxylic acids is 1. The lowest BCUT2D eigenvalue weighted by Gasteiger charge is -2.21. The second kappa shape index (κ2) is 11.7. The molecule has 0 saturated heterocycles. The van der Waals surface area contributed by atoms with Crippen molar-refractivity contribution in [2.45, 2.75) is 32.6 Å². The maximum atomic E-state index is 12.1. The van der Waals surface area contributed by atoms with Crippen molar-refractivity contribution >= 4 is 18.3 Å². The van der Waals surface area contributed by atoms with Crippen molar-refractivity contribution in [3.05, 3.63) is 42.2 Å². The normalized spacial score (nSPS) is 11.7. The highest BCUT2D eigenvalue weighted by Crippen LogP contribution is 2.19. The Hall–Kier alpha value is -1.85. The van der Waals surface area contributed by atoms with Crippen LogP contribution in [0.25, 0.3) is 11.3 Å². The van der Waals surface area contributed by atoms with Crippen molar-refractivity contribution in [2.24, 2.45) is 5.92 Å². The first-order valence-corrected chi connectivity index (χ1v) is 9.02.